The molecule has 1 aromatic heterocycles. The first-order valence-electron chi connectivity index (χ1n) is 7.61. The Morgan fingerprint density at radius 2 is 2.11 bits per heavy atom. The summed E-state index contributed by atoms with van der Waals surface area (Å²) in [4.78, 5) is 8.87. The third kappa shape index (κ3) is 3.93. The third-order valence-electron chi connectivity index (χ3n) is 3.43. The lowest BCUT2D eigenvalue weighted by Crippen LogP contribution is -2.29. The number of hydrogen-bond acceptors (Lipinski definition) is 4. The lowest BCUT2D eigenvalue weighted by Gasteiger charge is -2.23. The number of aromatic nitrogens is 1. The van der Waals surface area contributed by atoms with Crippen molar-refractivity contribution in [2.45, 2.75) is 59.5 Å². The molecule has 19 heavy (non-hydrogen) atoms. The Morgan fingerprint density at radius 1 is 1.37 bits per heavy atom. The van der Waals surface area contributed by atoms with Crippen LogP contribution in [0, 0.1) is 5.92 Å². The maximum Gasteiger partial charge on any atom is 0.186 e. The SMILES string of the molecule is CCNCc1sc(N(CC(C)C)C2CC2)nc1CC. The third-order valence-corrected chi connectivity index (χ3v) is 4.57. The van der Waals surface area contributed by atoms with E-state index < -0.39 is 0 Å². The number of aryl methyl sites for hydroxylation is 1. The van der Waals surface area contributed by atoms with Gasteiger partial charge in [0.05, 0.1) is 5.69 Å². The van der Waals surface area contributed by atoms with Crippen molar-refractivity contribution in [3.05, 3.63) is 10.6 Å². The normalized spacial score (nSPS) is 15.2. The van der Waals surface area contributed by atoms with Gasteiger partial charge in [-0.1, -0.05) is 27.7 Å². The van der Waals surface area contributed by atoms with Crippen molar-refractivity contribution in [2.75, 3.05) is 18.0 Å². The van der Waals surface area contributed by atoms with E-state index in [0.29, 0.717) is 5.92 Å². The van der Waals surface area contributed by atoms with Gasteiger partial charge in [-0.05, 0) is 31.7 Å². The second-order valence-electron chi connectivity index (χ2n) is 5.78. The van der Waals surface area contributed by atoms with Gasteiger partial charge in [-0.2, -0.15) is 0 Å². The van der Waals surface area contributed by atoms with Crippen LogP contribution in [0.5, 0.6) is 0 Å². The molecule has 2 rings (SSSR count). The Kier molecular flexibility index (Phi) is 5.22. The molecule has 1 aromatic rings. The molecule has 0 amide bonds. The van der Waals surface area contributed by atoms with Crippen molar-refractivity contribution >= 4 is 16.5 Å². The van der Waals surface area contributed by atoms with E-state index in [4.69, 9.17) is 4.98 Å². The molecule has 108 valence electrons. The summed E-state index contributed by atoms with van der Waals surface area (Å²) < 4.78 is 0. The topological polar surface area (TPSA) is 28.2 Å². The fourth-order valence-electron chi connectivity index (χ4n) is 2.31. The van der Waals surface area contributed by atoms with E-state index in [0.717, 1.165) is 32.1 Å². The van der Waals surface area contributed by atoms with Crippen LogP contribution in [0.1, 0.15) is 51.1 Å². The monoisotopic (exact) mass is 281 g/mol. The zero-order valence-corrected chi connectivity index (χ0v) is 13.5. The molecule has 1 aliphatic rings. The van der Waals surface area contributed by atoms with Crippen LogP contribution in [0.2, 0.25) is 0 Å². The minimum atomic E-state index is 0.701. The van der Waals surface area contributed by atoms with E-state index in [-0.39, 0.29) is 0 Å². The summed E-state index contributed by atoms with van der Waals surface area (Å²) in [6.07, 6.45) is 3.73. The zero-order valence-electron chi connectivity index (χ0n) is 12.7. The Hall–Kier alpha value is -0.610. The standard InChI is InChI=1S/C15H27N3S/c1-5-13-14(9-16-6-2)19-15(17-13)18(10-11(3)4)12-7-8-12/h11-12,16H,5-10H2,1-4H3. The highest BCUT2D eigenvalue weighted by Gasteiger charge is 2.31. The van der Waals surface area contributed by atoms with Crippen LogP contribution in [-0.2, 0) is 13.0 Å². The average molecular weight is 281 g/mol. The quantitative estimate of drug-likeness (QED) is 0.791. The summed E-state index contributed by atoms with van der Waals surface area (Å²) >= 11 is 1.89. The van der Waals surface area contributed by atoms with Gasteiger partial charge in [-0.3, -0.25) is 0 Å². The average Bonchev–Trinajstić information content (AvgIpc) is 3.13. The highest BCUT2D eigenvalue weighted by Crippen LogP contribution is 2.36. The van der Waals surface area contributed by atoms with E-state index >= 15 is 0 Å². The molecule has 0 radical (unpaired) electrons. The van der Waals surface area contributed by atoms with E-state index in [9.17, 15) is 0 Å². The second kappa shape index (κ2) is 6.71. The first kappa shape index (κ1) is 14.8. The molecule has 1 N–H and O–H groups in total. The molecular formula is C15H27N3S. The molecule has 0 saturated heterocycles. The molecule has 1 aliphatic carbocycles. The molecule has 1 heterocycles. The van der Waals surface area contributed by atoms with Crippen LogP contribution >= 0.6 is 11.3 Å². The van der Waals surface area contributed by atoms with Crippen molar-refractivity contribution in [3.8, 4) is 0 Å². The summed E-state index contributed by atoms with van der Waals surface area (Å²) in [6, 6.07) is 0.755. The summed E-state index contributed by atoms with van der Waals surface area (Å²) in [6.45, 7) is 12.1. The Balaban J connectivity index is 2.14. The van der Waals surface area contributed by atoms with E-state index in [1.807, 2.05) is 11.3 Å². The molecule has 0 spiro atoms. The number of thiazole rings is 1. The van der Waals surface area contributed by atoms with Crippen LogP contribution in [0.15, 0.2) is 0 Å². The fourth-order valence-corrected chi connectivity index (χ4v) is 3.51. The van der Waals surface area contributed by atoms with Crippen molar-refractivity contribution in [1.82, 2.24) is 10.3 Å². The maximum absolute atomic E-state index is 4.90. The van der Waals surface area contributed by atoms with Crippen molar-refractivity contribution < 1.29 is 0 Å². The van der Waals surface area contributed by atoms with E-state index in [1.54, 1.807) is 0 Å². The van der Waals surface area contributed by atoms with Crippen molar-refractivity contribution in [1.29, 1.82) is 0 Å². The number of rotatable bonds is 8. The highest BCUT2D eigenvalue weighted by molar-refractivity contribution is 7.15. The predicted molar refractivity (Wildman–Crippen MR) is 84.1 cm³/mol. The van der Waals surface area contributed by atoms with Crippen LogP contribution < -0.4 is 10.2 Å². The number of nitrogens with zero attached hydrogens (tertiary/aromatic N) is 2. The van der Waals surface area contributed by atoms with Crippen LogP contribution in [0.4, 0.5) is 5.13 Å². The number of nitrogens with one attached hydrogen (secondary N) is 1. The van der Waals surface area contributed by atoms with E-state index in [1.165, 1.54) is 28.5 Å². The van der Waals surface area contributed by atoms with Crippen LogP contribution in [0.25, 0.3) is 0 Å². The van der Waals surface area contributed by atoms with Gasteiger partial charge >= 0.3 is 0 Å². The number of anilines is 1. The van der Waals surface area contributed by atoms with Gasteiger partial charge in [0.2, 0.25) is 0 Å². The largest absolute Gasteiger partial charge is 0.345 e. The van der Waals surface area contributed by atoms with Crippen molar-refractivity contribution in [3.63, 3.8) is 0 Å². The molecule has 0 unspecified atom stereocenters. The molecule has 3 nitrogen and oxygen atoms in total. The Bertz CT molecular complexity index is 396. The molecule has 1 saturated carbocycles. The minimum absolute atomic E-state index is 0.701. The zero-order chi connectivity index (χ0) is 13.8. The first-order chi connectivity index (χ1) is 9.15. The maximum atomic E-state index is 4.90. The molecule has 0 bridgehead atoms. The van der Waals surface area contributed by atoms with Gasteiger partial charge in [0.1, 0.15) is 0 Å². The predicted octanol–water partition coefficient (Wildman–Crippen LogP) is 3.44. The molecule has 1 fully saturated rings. The smallest absolute Gasteiger partial charge is 0.186 e. The molecule has 0 aromatic carbocycles. The summed E-state index contributed by atoms with van der Waals surface area (Å²) in [5.74, 6) is 0.701. The molecule has 0 aliphatic heterocycles. The van der Waals surface area contributed by atoms with Gasteiger partial charge < -0.3 is 10.2 Å². The first-order valence-corrected chi connectivity index (χ1v) is 8.43. The lowest BCUT2D eigenvalue weighted by molar-refractivity contribution is 0.606. The van der Waals surface area contributed by atoms with Gasteiger partial charge in [-0.15, -0.1) is 11.3 Å². The minimum Gasteiger partial charge on any atom is -0.345 e. The van der Waals surface area contributed by atoms with Crippen molar-refractivity contribution in [2.24, 2.45) is 5.92 Å². The summed E-state index contributed by atoms with van der Waals surface area (Å²) in [5, 5.41) is 4.68. The Labute approximate surface area is 121 Å². The molecule has 0 atom stereocenters. The highest BCUT2D eigenvalue weighted by atomic mass is 32.1. The van der Waals surface area contributed by atoms with Gasteiger partial charge in [-0.25, -0.2) is 4.98 Å². The second-order valence-corrected chi connectivity index (χ2v) is 6.84. The van der Waals surface area contributed by atoms with Crippen LogP contribution in [0.3, 0.4) is 0 Å². The summed E-state index contributed by atoms with van der Waals surface area (Å²) in [7, 11) is 0. The summed E-state index contributed by atoms with van der Waals surface area (Å²) in [5.41, 5.74) is 1.29. The lowest BCUT2D eigenvalue weighted by atomic mass is 10.2. The molecule has 4 heteroatoms. The van der Waals surface area contributed by atoms with E-state index in [2.05, 4.69) is 37.9 Å². The number of hydrogen-bond donors (Lipinski definition) is 1. The van der Waals surface area contributed by atoms with Crippen LogP contribution in [-0.4, -0.2) is 24.1 Å². The molecular weight excluding hydrogens is 254 g/mol. The fraction of sp³-hybridized carbons (Fsp3) is 0.800. The van der Waals surface area contributed by atoms with Gasteiger partial charge in [0.25, 0.3) is 0 Å². The Morgan fingerprint density at radius 3 is 2.63 bits per heavy atom. The van der Waals surface area contributed by atoms with Gasteiger partial charge in [0.15, 0.2) is 5.13 Å². The van der Waals surface area contributed by atoms with Gasteiger partial charge in [0, 0.05) is 24.0 Å².